The Morgan fingerprint density at radius 2 is 2.20 bits per heavy atom. The summed E-state index contributed by atoms with van der Waals surface area (Å²) in [6, 6.07) is 5.00. The van der Waals surface area contributed by atoms with Crippen molar-refractivity contribution >= 4 is 27.5 Å². The normalized spacial score (nSPS) is 20.5. The molecule has 0 nitrogen and oxygen atoms in total. The van der Waals surface area contributed by atoms with Crippen molar-refractivity contribution in [2.24, 2.45) is 0 Å². The maximum Gasteiger partial charge on any atom is 0.124 e. The van der Waals surface area contributed by atoms with Gasteiger partial charge in [-0.1, -0.05) is 27.6 Å². The quantitative estimate of drug-likeness (QED) is 0.557. The number of halogens is 3. The molecule has 0 bridgehead atoms. The Bertz CT molecular complexity index is 380. The standard InChI is InChI=1S/C12H11BrClF/c13-10-4-9(6-12(15)7-10)3-8-1-2-11(14)5-8/h4-7,11H,1-3H2. The smallest absolute Gasteiger partial charge is 0.124 e. The summed E-state index contributed by atoms with van der Waals surface area (Å²) in [5, 5.41) is 0.164. The van der Waals surface area contributed by atoms with E-state index >= 15 is 0 Å². The van der Waals surface area contributed by atoms with Crippen LogP contribution in [0.2, 0.25) is 0 Å². The second-order valence-corrected chi connectivity index (χ2v) is 5.31. The molecule has 0 aliphatic heterocycles. The van der Waals surface area contributed by atoms with Crippen LogP contribution in [0.1, 0.15) is 18.4 Å². The van der Waals surface area contributed by atoms with E-state index in [1.807, 2.05) is 6.07 Å². The van der Waals surface area contributed by atoms with Gasteiger partial charge in [0.25, 0.3) is 0 Å². The second kappa shape index (κ2) is 4.67. The molecule has 0 fully saturated rings. The lowest BCUT2D eigenvalue weighted by atomic mass is 10.1. The zero-order valence-electron chi connectivity index (χ0n) is 8.14. The zero-order chi connectivity index (χ0) is 10.8. The molecular weight excluding hydrogens is 278 g/mol. The van der Waals surface area contributed by atoms with E-state index in [9.17, 15) is 4.39 Å². The van der Waals surface area contributed by atoms with Crippen LogP contribution in [0.25, 0.3) is 0 Å². The van der Waals surface area contributed by atoms with E-state index < -0.39 is 0 Å². The third-order valence-electron chi connectivity index (χ3n) is 2.51. The molecule has 1 unspecified atom stereocenters. The first kappa shape index (κ1) is 11.2. The van der Waals surface area contributed by atoms with Crippen molar-refractivity contribution in [3.63, 3.8) is 0 Å². The molecule has 0 aromatic heterocycles. The molecule has 1 aromatic rings. The van der Waals surface area contributed by atoms with E-state index in [-0.39, 0.29) is 11.2 Å². The Balaban J connectivity index is 2.14. The highest BCUT2D eigenvalue weighted by Crippen LogP contribution is 2.26. The minimum Gasteiger partial charge on any atom is -0.207 e. The number of rotatable bonds is 2. The molecule has 80 valence electrons. The minimum absolute atomic E-state index is 0.164. The van der Waals surface area contributed by atoms with E-state index in [1.54, 1.807) is 6.07 Å². The highest BCUT2D eigenvalue weighted by atomic mass is 79.9. The van der Waals surface area contributed by atoms with Crippen LogP contribution in [-0.4, -0.2) is 5.38 Å². The average Bonchev–Trinajstić information content (AvgIpc) is 2.49. The van der Waals surface area contributed by atoms with E-state index in [0.29, 0.717) is 0 Å². The zero-order valence-corrected chi connectivity index (χ0v) is 10.5. The molecule has 3 heteroatoms. The fourth-order valence-corrected chi connectivity index (χ4v) is 2.67. The van der Waals surface area contributed by atoms with Gasteiger partial charge in [-0.15, -0.1) is 11.6 Å². The largest absolute Gasteiger partial charge is 0.207 e. The lowest BCUT2D eigenvalue weighted by molar-refractivity contribution is 0.625. The molecule has 1 atom stereocenters. The van der Waals surface area contributed by atoms with Gasteiger partial charge in [-0.2, -0.15) is 0 Å². The molecule has 0 N–H and O–H groups in total. The predicted molar refractivity (Wildman–Crippen MR) is 64.8 cm³/mol. The summed E-state index contributed by atoms with van der Waals surface area (Å²) in [5.74, 6) is -0.194. The Labute approximate surface area is 102 Å². The van der Waals surface area contributed by atoms with Crippen molar-refractivity contribution in [2.75, 3.05) is 0 Å². The van der Waals surface area contributed by atoms with Crippen molar-refractivity contribution in [2.45, 2.75) is 24.6 Å². The first-order valence-corrected chi connectivity index (χ1v) is 6.15. The van der Waals surface area contributed by atoms with Crippen LogP contribution < -0.4 is 0 Å². The van der Waals surface area contributed by atoms with Crippen LogP contribution in [0, 0.1) is 5.82 Å². The maximum atomic E-state index is 13.1. The molecule has 1 aliphatic rings. The van der Waals surface area contributed by atoms with Crippen molar-refractivity contribution in [1.82, 2.24) is 0 Å². The fourth-order valence-electron chi connectivity index (χ4n) is 1.87. The molecule has 0 saturated heterocycles. The lowest BCUT2D eigenvalue weighted by Gasteiger charge is -2.03. The number of alkyl halides is 1. The van der Waals surface area contributed by atoms with E-state index in [0.717, 1.165) is 29.3 Å². The summed E-state index contributed by atoms with van der Waals surface area (Å²) in [7, 11) is 0. The van der Waals surface area contributed by atoms with Crippen LogP contribution in [0.3, 0.4) is 0 Å². The van der Waals surface area contributed by atoms with Gasteiger partial charge in [0.15, 0.2) is 0 Å². The van der Waals surface area contributed by atoms with Crippen molar-refractivity contribution in [3.05, 3.63) is 45.7 Å². The summed E-state index contributed by atoms with van der Waals surface area (Å²) in [6.45, 7) is 0. The molecule has 0 amide bonds. The summed E-state index contributed by atoms with van der Waals surface area (Å²) >= 11 is 9.26. The molecule has 0 radical (unpaired) electrons. The van der Waals surface area contributed by atoms with Crippen LogP contribution in [0.5, 0.6) is 0 Å². The van der Waals surface area contributed by atoms with Gasteiger partial charge < -0.3 is 0 Å². The summed E-state index contributed by atoms with van der Waals surface area (Å²) < 4.78 is 13.9. The second-order valence-electron chi connectivity index (χ2n) is 3.83. The molecule has 0 saturated carbocycles. The highest BCUT2D eigenvalue weighted by molar-refractivity contribution is 9.10. The van der Waals surface area contributed by atoms with Crippen molar-refractivity contribution < 1.29 is 4.39 Å². The molecule has 1 aliphatic carbocycles. The fraction of sp³-hybridized carbons (Fsp3) is 0.333. The van der Waals surface area contributed by atoms with Gasteiger partial charge in [0.05, 0.1) is 5.38 Å². The Morgan fingerprint density at radius 3 is 2.80 bits per heavy atom. The lowest BCUT2D eigenvalue weighted by Crippen LogP contribution is -1.89. The first-order chi connectivity index (χ1) is 7.13. The maximum absolute atomic E-state index is 13.1. The first-order valence-electron chi connectivity index (χ1n) is 4.92. The molecule has 2 rings (SSSR count). The monoisotopic (exact) mass is 288 g/mol. The van der Waals surface area contributed by atoms with Crippen molar-refractivity contribution in [3.8, 4) is 0 Å². The van der Waals surface area contributed by atoms with Crippen LogP contribution in [-0.2, 0) is 6.42 Å². The van der Waals surface area contributed by atoms with Crippen LogP contribution in [0.15, 0.2) is 34.3 Å². The topological polar surface area (TPSA) is 0 Å². The Hall–Kier alpha value is -0.340. The highest BCUT2D eigenvalue weighted by Gasteiger charge is 2.13. The molecule has 0 spiro atoms. The van der Waals surface area contributed by atoms with Crippen LogP contribution >= 0.6 is 27.5 Å². The minimum atomic E-state index is -0.194. The van der Waals surface area contributed by atoms with Gasteiger partial charge in [-0.25, -0.2) is 4.39 Å². The van der Waals surface area contributed by atoms with Gasteiger partial charge in [-0.3, -0.25) is 0 Å². The number of allylic oxidation sites excluding steroid dienone is 2. The summed E-state index contributed by atoms with van der Waals surface area (Å²) in [5.41, 5.74) is 2.31. The molecule has 1 aromatic carbocycles. The number of hydrogen-bond donors (Lipinski definition) is 0. The molecule has 0 heterocycles. The summed E-state index contributed by atoms with van der Waals surface area (Å²) in [6.07, 6.45) is 4.93. The average molecular weight is 290 g/mol. The number of hydrogen-bond acceptors (Lipinski definition) is 0. The van der Waals surface area contributed by atoms with E-state index in [4.69, 9.17) is 11.6 Å². The van der Waals surface area contributed by atoms with E-state index in [1.165, 1.54) is 11.6 Å². The third kappa shape index (κ3) is 3.05. The molecular formula is C12H11BrClF. The Kier molecular flexibility index (Phi) is 3.47. The molecule has 15 heavy (non-hydrogen) atoms. The Morgan fingerprint density at radius 1 is 1.40 bits per heavy atom. The van der Waals surface area contributed by atoms with Gasteiger partial charge in [0.1, 0.15) is 5.82 Å². The third-order valence-corrected chi connectivity index (χ3v) is 3.31. The van der Waals surface area contributed by atoms with Gasteiger partial charge in [0.2, 0.25) is 0 Å². The van der Waals surface area contributed by atoms with Crippen LogP contribution in [0.4, 0.5) is 4.39 Å². The SMILES string of the molecule is Fc1cc(Br)cc(CC2=CC(Cl)CC2)c1. The van der Waals surface area contributed by atoms with E-state index in [2.05, 4.69) is 22.0 Å². The van der Waals surface area contributed by atoms with Gasteiger partial charge in [-0.05, 0) is 43.0 Å². The van der Waals surface area contributed by atoms with Crippen molar-refractivity contribution in [1.29, 1.82) is 0 Å². The van der Waals surface area contributed by atoms with Gasteiger partial charge >= 0.3 is 0 Å². The predicted octanol–water partition coefficient (Wildman–Crippen LogP) is 4.46. The number of benzene rings is 1. The van der Waals surface area contributed by atoms with Gasteiger partial charge in [0, 0.05) is 4.47 Å². The summed E-state index contributed by atoms with van der Waals surface area (Å²) in [4.78, 5) is 0.